The molecule has 1 aromatic rings. The third-order valence-corrected chi connectivity index (χ3v) is 4.48. The maximum atomic E-state index is 4.60. The Morgan fingerprint density at radius 3 is 2.27 bits per heavy atom. The van der Waals surface area contributed by atoms with Crippen molar-refractivity contribution in [3.63, 3.8) is 0 Å². The highest BCUT2D eigenvalue weighted by Crippen LogP contribution is 2.29. The minimum atomic E-state index is 0.305. The highest BCUT2D eigenvalue weighted by atomic mass is 15.3. The fraction of sp³-hybridized carbons (Fsp3) is 0.812. The Balaban J connectivity index is 1.66. The van der Waals surface area contributed by atoms with Crippen LogP contribution >= 0.6 is 0 Å². The average Bonchev–Trinajstić information content (AvgIpc) is 3.32. The van der Waals surface area contributed by atoms with Gasteiger partial charge in [-0.3, -0.25) is 0 Å². The molecule has 1 saturated heterocycles. The Kier molecular flexibility index (Phi) is 4.47. The summed E-state index contributed by atoms with van der Waals surface area (Å²) in [7, 11) is 3.94. The summed E-state index contributed by atoms with van der Waals surface area (Å²) in [6, 6.07) is 1.36. The van der Waals surface area contributed by atoms with Crippen LogP contribution in [0.5, 0.6) is 0 Å². The summed E-state index contributed by atoms with van der Waals surface area (Å²) in [5, 5.41) is 3.54. The van der Waals surface area contributed by atoms with Crippen LogP contribution < -0.4 is 10.2 Å². The summed E-state index contributed by atoms with van der Waals surface area (Å²) in [6.07, 6.45) is 5.15. The smallest absolute Gasteiger partial charge is 0.229 e. The molecule has 1 saturated carbocycles. The summed E-state index contributed by atoms with van der Waals surface area (Å²) in [6.45, 7) is 6.63. The van der Waals surface area contributed by atoms with Gasteiger partial charge in [-0.2, -0.15) is 15.0 Å². The standard InChI is InChI=1S/C16H28N6/c1-11(2)14-18-15(20-16(19-14)21(3)4)17-12-7-9-22(10-8-12)13-5-6-13/h11-13H,5-10H2,1-4H3,(H,17,18,19,20). The fourth-order valence-electron chi connectivity index (χ4n) is 2.93. The van der Waals surface area contributed by atoms with E-state index >= 15 is 0 Å². The Morgan fingerprint density at radius 2 is 1.73 bits per heavy atom. The lowest BCUT2D eigenvalue weighted by Crippen LogP contribution is -2.40. The first-order valence-electron chi connectivity index (χ1n) is 8.47. The Bertz CT molecular complexity index is 477. The van der Waals surface area contributed by atoms with E-state index in [4.69, 9.17) is 0 Å². The van der Waals surface area contributed by atoms with Crippen LogP contribution in [0.25, 0.3) is 0 Å². The quantitative estimate of drug-likeness (QED) is 0.899. The molecule has 1 aliphatic carbocycles. The van der Waals surface area contributed by atoms with E-state index in [1.165, 1.54) is 38.8 Å². The molecule has 2 fully saturated rings. The second-order valence-electron chi connectivity index (χ2n) is 7.05. The number of hydrogen-bond donors (Lipinski definition) is 1. The van der Waals surface area contributed by atoms with Gasteiger partial charge in [0.25, 0.3) is 0 Å². The molecule has 0 spiro atoms. The van der Waals surface area contributed by atoms with Crippen LogP contribution in [-0.2, 0) is 0 Å². The van der Waals surface area contributed by atoms with Gasteiger partial charge in [0.15, 0.2) is 0 Å². The van der Waals surface area contributed by atoms with Crippen molar-refractivity contribution in [3.8, 4) is 0 Å². The zero-order valence-corrected chi connectivity index (χ0v) is 14.2. The predicted octanol–water partition coefficient (Wildman–Crippen LogP) is 2.10. The van der Waals surface area contributed by atoms with Crippen molar-refractivity contribution in [2.24, 2.45) is 0 Å². The summed E-state index contributed by atoms with van der Waals surface area (Å²) in [5.74, 6) is 2.62. The van der Waals surface area contributed by atoms with E-state index in [0.29, 0.717) is 12.0 Å². The number of anilines is 2. The van der Waals surface area contributed by atoms with Crippen LogP contribution in [0, 0.1) is 0 Å². The van der Waals surface area contributed by atoms with Gasteiger partial charge in [-0.05, 0) is 25.7 Å². The second-order valence-corrected chi connectivity index (χ2v) is 7.05. The second kappa shape index (κ2) is 6.36. The molecule has 6 heteroatoms. The zero-order chi connectivity index (χ0) is 15.7. The molecule has 6 nitrogen and oxygen atoms in total. The van der Waals surface area contributed by atoms with Gasteiger partial charge in [-0.1, -0.05) is 13.8 Å². The van der Waals surface area contributed by atoms with Crippen LogP contribution in [0.15, 0.2) is 0 Å². The number of nitrogens with zero attached hydrogens (tertiary/aromatic N) is 5. The molecular weight excluding hydrogens is 276 g/mol. The molecule has 22 heavy (non-hydrogen) atoms. The van der Waals surface area contributed by atoms with E-state index in [2.05, 4.69) is 39.0 Å². The van der Waals surface area contributed by atoms with Gasteiger partial charge < -0.3 is 15.1 Å². The van der Waals surface area contributed by atoms with Crippen molar-refractivity contribution in [2.45, 2.75) is 57.5 Å². The normalized spacial score (nSPS) is 20.4. The molecule has 122 valence electrons. The molecule has 0 bridgehead atoms. The minimum absolute atomic E-state index is 0.305. The fourth-order valence-corrected chi connectivity index (χ4v) is 2.93. The molecule has 1 N–H and O–H groups in total. The highest BCUT2D eigenvalue weighted by Gasteiger charge is 2.31. The van der Waals surface area contributed by atoms with Crippen molar-refractivity contribution in [3.05, 3.63) is 5.82 Å². The number of likely N-dealkylation sites (tertiary alicyclic amines) is 1. The summed E-state index contributed by atoms with van der Waals surface area (Å²) in [5.41, 5.74) is 0. The molecule has 0 unspecified atom stereocenters. The van der Waals surface area contributed by atoms with E-state index in [0.717, 1.165) is 23.8 Å². The number of nitrogens with one attached hydrogen (secondary N) is 1. The summed E-state index contributed by atoms with van der Waals surface area (Å²) in [4.78, 5) is 18.3. The number of hydrogen-bond acceptors (Lipinski definition) is 6. The van der Waals surface area contributed by atoms with Gasteiger partial charge in [0.2, 0.25) is 11.9 Å². The molecule has 1 aromatic heterocycles. The largest absolute Gasteiger partial charge is 0.351 e. The van der Waals surface area contributed by atoms with E-state index in [1.807, 2.05) is 19.0 Å². The first-order valence-corrected chi connectivity index (χ1v) is 8.47. The van der Waals surface area contributed by atoms with Crippen molar-refractivity contribution in [2.75, 3.05) is 37.4 Å². The summed E-state index contributed by atoms with van der Waals surface area (Å²) >= 11 is 0. The van der Waals surface area contributed by atoms with Crippen molar-refractivity contribution in [1.29, 1.82) is 0 Å². The average molecular weight is 304 g/mol. The van der Waals surface area contributed by atoms with E-state index in [9.17, 15) is 0 Å². The molecule has 0 radical (unpaired) electrons. The monoisotopic (exact) mass is 304 g/mol. The topological polar surface area (TPSA) is 57.2 Å². The molecule has 2 aliphatic rings. The Morgan fingerprint density at radius 1 is 1.05 bits per heavy atom. The molecular formula is C16H28N6. The van der Waals surface area contributed by atoms with Crippen LogP contribution in [-0.4, -0.2) is 59.1 Å². The lowest BCUT2D eigenvalue weighted by Gasteiger charge is -2.32. The Labute approximate surface area is 133 Å². The van der Waals surface area contributed by atoms with Gasteiger partial charge in [0.1, 0.15) is 5.82 Å². The van der Waals surface area contributed by atoms with E-state index in [-0.39, 0.29) is 0 Å². The molecule has 0 amide bonds. The van der Waals surface area contributed by atoms with Gasteiger partial charge >= 0.3 is 0 Å². The van der Waals surface area contributed by atoms with Crippen molar-refractivity contribution < 1.29 is 0 Å². The van der Waals surface area contributed by atoms with Gasteiger partial charge in [0.05, 0.1) is 0 Å². The van der Waals surface area contributed by atoms with Crippen molar-refractivity contribution >= 4 is 11.9 Å². The molecule has 2 heterocycles. The van der Waals surface area contributed by atoms with Crippen LogP contribution in [0.4, 0.5) is 11.9 Å². The predicted molar refractivity (Wildman–Crippen MR) is 89.5 cm³/mol. The Hall–Kier alpha value is -1.43. The molecule has 1 aliphatic heterocycles. The van der Waals surface area contributed by atoms with E-state index in [1.54, 1.807) is 0 Å². The minimum Gasteiger partial charge on any atom is -0.351 e. The first-order chi connectivity index (χ1) is 10.5. The van der Waals surface area contributed by atoms with Gasteiger partial charge in [-0.15, -0.1) is 0 Å². The van der Waals surface area contributed by atoms with Crippen LogP contribution in [0.2, 0.25) is 0 Å². The van der Waals surface area contributed by atoms with Crippen LogP contribution in [0.1, 0.15) is 51.3 Å². The number of rotatable bonds is 5. The lowest BCUT2D eigenvalue weighted by atomic mass is 10.1. The van der Waals surface area contributed by atoms with Gasteiger partial charge in [-0.25, -0.2) is 0 Å². The molecule has 0 atom stereocenters. The first kappa shape index (κ1) is 15.5. The third-order valence-electron chi connectivity index (χ3n) is 4.48. The van der Waals surface area contributed by atoms with Crippen molar-refractivity contribution in [1.82, 2.24) is 19.9 Å². The zero-order valence-electron chi connectivity index (χ0n) is 14.2. The maximum absolute atomic E-state index is 4.60. The molecule has 0 aromatic carbocycles. The molecule has 3 rings (SSSR count). The third kappa shape index (κ3) is 3.66. The summed E-state index contributed by atoms with van der Waals surface area (Å²) < 4.78 is 0. The number of piperidine rings is 1. The maximum Gasteiger partial charge on any atom is 0.229 e. The lowest BCUT2D eigenvalue weighted by molar-refractivity contribution is 0.209. The highest BCUT2D eigenvalue weighted by molar-refractivity contribution is 5.37. The van der Waals surface area contributed by atoms with Crippen LogP contribution in [0.3, 0.4) is 0 Å². The van der Waals surface area contributed by atoms with Gasteiger partial charge in [0, 0.05) is 45.2 Å². The SMILES string of the molecule is CC(C)c1nc(NC2CCN(C3CC3)CC2)nc(N(C)C)n1. The number of aromatic nitrogens is 3. The van der Waals surface area contributed by atoms with E-state index < -0.39 is 0 Å².